The van der Waals surface area contributed by atoms with Gasteiger partial charge in [-0.2, -0.15) is 0 Å². The van der Waals surface area contributed by atoms with E-state index < -0.39 is 28.7 Å². The fraction of sp³-hybridized carbons (Fsp3) is 0.913. The first-order valence-corrected chi connectivity index (χ1v) is 12.7. The van der Waals surface area contributed by atoms with E-state index in [1.54, 1.807) is 7.11 Å². The van der Waals surface area contributed by atoms with Gasteiger partial charge in [0.15, 0.2) is 0 Å². The topological polar surface area (TPSA) is 109 Å². The molecule has 33 heavy (non-hydrogen) atoms. The Balaban J connectivity index is 1.26. The number of rotatable bonds is 7. The van der Waals surface area contributed by atoms with E-state index in [2.05, 4.69) is 16.0 Å². The number of methoxy groups -OCH3 is 1. The number of hydrogen-bond acceptors (Lipinski definition) is 6. The smallest absolute Gasteiger partial charge is 0.246 e. The van der Waals surface area contributed by atoms with E-state index in [1.165, 1.54) is 0 Å². The van der Waals surface area contributed by atoms with Gasteiger partial charge in [0.25, 0.3) is 0 Å². The monoisotopic (exact) mass is 489 g/mol. The van der Waals surface area contributed by atoms with Crippen molar-refractivity contribution in [2.75, 3.05) is 13.7 Å². The first-order chi connectivity index (χ1) is 15.7. The second kappa shape index (κ2) is 10.3. The van der Waals surface area contributed by atoms with Gasteiger partial charge in [-0.1, -0.05) is 0 Å². The van der Waals surface area contributed by atoms with Crippen LogP contribution in [-0.2, 0) is 19.1 Å². The molecule has 10 heteroatoms. The number of fused-ring (bicyclic) bond motifs is 3. The van der Waals surface area contributed by atoms with Gasteiger partial charge in [0.1, 0.15) is 19.0 Å². The van der Waals surface area contributed by atoms with Crippen molar-refractivity contribution in [1.82, 2.24) is 16.0 Å². The van der Waals surface area contributed by atoms with Crippen LogP contribution >= 0.6 is 11.6 Å². The molecule has 4 N–H and O–H groups in total. The third-order valence-electron chi connectivity index (χ3n) is 8.14. The lowest BCUT2D eigenvalue weighted by molar-refractivity contribution is -0.141. The van der Waals surface area contributed by atoms with Crippen LogP contribution in [0.25, 0.3) is 0 Å². The molecule has 4 saturated carbocycles. The molecule has 2 amide bonds. The number of amides is 2. The summed E-state index contributed by atoms with van der Waals surface area (Å²) >= 11 is 5.91. The summed E-state index contributed by atoms with van der Waals surface area (Å²) in [6.07, 6.45) is 4.64. The van der Waals surface area contributed by atoms with Gasteiger partial charge in [-0.05, 0) is 64.2 Å². The fourth-order valence-electron chi connectivity index (χ4n) is 6.00. The van der Waals surface area contributed by atoms with Gasteiger partial charge in [-0.15, -0.1) is 11.6 Å². The Morgan fingerprint density at radius 1 is 1.15 bits per heavy atom. The van der Waals surface area contributed by atoms with E-state index in [1.807, 2.05) is 0 Å². The Hall–Kier alpha value is -1.00. The van der Waals surface area contributed by atoms with Crippen LogP contribution in [0.3, 0.4) is 0 Å². The van der Waals surface area contributed by atoms with Gasteiger partial charge < -0.3 is 25.2 Å². The Labute approximate surface area is 199 Å². The van der Waals surface area contributed by atoms with E-state index >= 15 is 0 Å². The van der Waals surface area contributed by atoms with E-state index in [0.717, 1.165) is 19.3 Å². The summed E-state index contributed by atoms with van der Waals surface area (Å²) in [5.41, 5.74) is -1.15. The first-order valence-electron chi connectivity index (χ1n) is 12.2. The van der Waals surface area contributed by atoms with Crippen molar-refractivity contribution in [3.05, 3.63) is 0 Å². The number of ether oxygens (including phenoxy) is 2. The van der Waals surface area contributed by atoms with E-state index in [9.17, 15) is 19.1 Å². The minimum Gasteiger partial charge on any atom is -0.391 e. The molecule has 1 aliphatic heterocycles. The summed E-state index contributed by atoms with van der Waals surface area (Å²) in [5, 5.41) is 19.9. The van der Waals surface area contributed by atoms with Crippen molar-refractivity contribution in [3.8, 4) is 0 Å². The molecule has 188 valence electrons. The van der Waals surface area contributed by atoms with Crippen molar-refractivity contribution in [2.24, 2.45) is 0 Å². The zero-order valence-electron chi connectivity index (χ0n) is 19.3. The molecule has 5 rings (SSSR count). The average molecular weight is 490 g/mol. The maximum absolute atomic E-state index is 13.8. The SMILES string of the molecule is COC1CCCC(C(=O)NC23CCC(NC(=O)COC4CCC(Cl)C(F)C4)(CC2)C(O)C3)N1. The van der Waals surface area contributed by atoms with Crippen molar-refractivity contribution >= 4 is 23.4 Å². The third kappa shape index (κ3) is 5.64. The molecular formula is C23H37ClFN3O5. The van der Waals surface area contributed by atoms with Crippen molar-refractivity contribution in [1.29, 1.82) is 0 Å². The molecule has 1 heterocycles. The molecule has 0 aromatic heterocycles. The van der Waals surface area contributed by atoms with Crippen LogP contribution in [0.2, 0.25) is 0 Å². The molecular weight excluding hydrogens is 453 g/mol. The summed E-state index contributed by atoms with van der Waals surface area (Å²) in [5.74, 6) is -0.346. The number of piperidine rings is 1. The standard InChI is InChI=1S/C23H37ClFN3O5/c1-32-20-4-2-3-17(26-20)21(31)28-22-7-9-23(10-8-22,18(29)12-22)27-19(30)13-33-14-5-6-15(24)16(25)11-14/h14-18,20,26,29H,2-13H2,1H3,(H,27,30)(H,28,31). The van der Waals surface area contributed by atoms with Gasteiger partial charge in [0.05, 0.1) is 29.2 Å². The zero-order chi connectivity index (χ0) is 23.6. The normalized spacial score (nSPS) is 43.2. The van der Waals surface area contributed by atoms with E-state index in [0.29, 0.717) is 44.9 Å². The summed E-state index contributed by atoms with van der Waals surface area (Å²) in [6, 6.07) is -0.293. The number of halogens is 2. The molecule has 2 bridgehead atoms. The maximum Gasteiger partial charge on any atom is 0.246 e. The molecule has 0 aromatic carbocycles. The summed E-state index contributed by atoms with van der Waals surface area (Å²) in [7, 11) is 1.64. The molecule has 0 spiro atoms. The number of carbonyl (C=O) groups is 2. The van der Waals surface area contributed by atoms with Crippen LogP contribution in [0, 0.1) is 0 Å². The van der Waals surface area contributed by atoms with Gasteiger partial charge in [-0.3, -0.25) is 14.9 Å². The van der Waals surface area contributed by atoms with Gasteiger partial charge in [-0.25, -0.2) is 4.39 Å². The van der Waals surface area contributed by atoms with Gasteiger partial charge in [0.2, 0.25) is 11.8 Å². The lowest BCUT2D eigenvalue weighted by atomic mass is 9.59. The molecule has 0 aromatic rings. The van der Waals surface area contributed by atoms with Gasteiger partial charge in [0, 0.05) is 19.1 Å². The highest BCUT2D eigenvalue weighted by Crippen LogP contribution is 2.47. The summed E-state index contributed by atoms with van der Waals surface area (Å²) in [4.78, 5) is 25.5. The van der Waals surface area contributed by atoms with Crippen LogP contribution < -0.4 is 16.0 Å². The Kier molecular flexibility index (Phi) is 7.85. The number of aliphatic hydroxyl groups is 1. The van der Waals surface area contributed by atoms with Crippen LogP contribution in [0.1, 0.15) is 70.6 Å². The predicted octanol–water partition coefficient (Wildman–Crippen LogP) is 1.66. The highest BCUT2D eigenvalue weighted by atomic mass is 35.5. The largest absolute Gasteiger partial charge is 0.391 e. The fourth-order valence-corrected chi connectivity index (χ4v) is 6.23. The number of hydrogen-bond donors (Lipinski definition) is 4. The number of carbonyl (C=O) groups excluding carboxylic acids is 2. The third-order valence-corrected chi connectivity index (χ3v) is 8.63. The van der Waals surface area contributed by atoms with Crippen molar-refractivity contribution < 1.29 is 28.6 Å². The predicted molar refractivity (Wildman–Crippen MR) is 121 cm³/mol. The lowest BCUT2D eigenvalue weighted by Gasteiger charge is -2.56. The Morgan fingerprint density at radius 2 is 1.91 bits per heavy atom. The second-order valence-corrected chi connectivity index (χ2v) is 10.9. The molecule has 4 aliphatic carbocycles. The average Bonchev–Trinajstić information content (AvgIpc) is 2.81. The van der Waals surface area contributed by atoms with Crippen LogP contribution in [0.5, 0.6) is 0 Å². The lowest BCUT2D eigenvalue weighted by Crippen LogP contribution is -2.71. The zero-order valence-corrected chi connectivity index (χ0v) is 20.0. The number of alkyl halides is 2. The Bertz CT molecular complexity index is 720. The van der Waals surface area contributed by atoms with Crippen LogP contribution in [0.4, 0.5) is 4.39 Å². The molecule has 6 atom stereocenters. The highest BCUT2D eigenvalue weighted by Gasteiger charge is 2.55. The van der Waals surface area contributed by atoms with Crippen LogP contribution in [-0.4, -0.2) is 77.7 Å². The molecule has 5 aliphatic rings. The second-order valence-electron chi connectivity index (χ2n) is 10.3. The maximum atomic E-state index is 13.8. The first kappa shape index (κ1) is 25.1. The van der Waals surface area contributed by atoms with E-state index in [-0.39, 0.29) is 43.2 Å². The van der Waals surface area contributed by atoms with Crippen LogP contribution in [0.15, 0.2) is 0 Å². The summed E-state index contributed by atoms with van der Waals surface area (Å²) < 4.78 is 24.8. The molecule has 6 unspecified atom stereocenters. The van der Waals surface area contributed by atoms with Crippen molar-refractivity contribution in [2.45, 2.75) is 118 Å². The quantitative estimate of drug-likeness (QED) is 0.405. The number of aliphatic hydroxyl groups excluding tert-OH is 1. The minimum atomic E-state index is -1.11. The summed E-state index contributed by atoms with van der Waals surface area (Å²) in [6.45, 7) is -0.158. The van der Waals surface area contributed by atoms with E-state index in [4.69, 9.17) is 21.1 Å². The van der Waals surface area contributed by atoms with Crippen molar-refractivity contribution in [3.63, 3.8) is 0 Å². The number of nitrogens with one attached hydrogen (secondary N) is 3. The molecule has 1 saturated heterocycles. The molecule has 0 radical (unpaired) electrons. The molecule has 8 nitrogen and oxygen atoms in total. The highest BCUT2D eigenvalue weighted by molar-refractivity contribution is 6.21. The minimum absolute atomic E-state index is 0.0476. The van der Waals surface area contributed by atoms with Gasteiger partial charge >= 0.3 is 0 Å². The Morgan fingerprint density at radius 3 is 2.58 bits per heavy atom. The molecule has 5 fully saturated rings.